The molecule has 4 rings (SSSR count). The van der Waals surface area contributed by atoms with Gasteiger partial charge >= 0.3 is 0 Å². The summed E-state index contributed by atoms with van der Waals surface area (Å²) in [6.45, 7) is 0.872. The van der Waals surface area contributed by atoms with E-state index in [1.54, 1.807) is 29.3 Å². The molecule has 0 aliphatic carbocycles. The zero-order valence-corrected chi connectivity index (χ0v) is 13.6. The van der Waals surface area contributed by atoms with E-state index in [4.69, 9.17) is 0 Å². The summed E-state index contributed by atoms with van der Waals surface area (Å²) in [6.07, 6.45) is 5.66. The predicted molar refractivity (Wildman–Crippen MR) is 96.1 cm³/mol. The highest BCUT2D eigenvalue weighted by molar-refractivity contribution is 5.91. The minimum absolute atomic E-state index is 0.0907. The Morgan fingerprint density at radius 1 is 1.08 bits per heavy atom. The van der Waals surface area contributed by atoms with Crippen LogP contribution in [0.15, 0.2) is 65.6 Å². The quantitative estimate of drug-likeness (QED) is 0.677. The zero-order chi connectivity index (χ0) is 17.2. The Bertz CT molecular complexity index is 1020. The van der Waals surface area contributed by atoms with E-state index in [1.807, 2.05) is 42.5 Å². The third-order valence-electron chi connectivity index (χ3n) is 4.41. The van der Waals surface area contributed by atoms with E-state index in [9.17, 15) is 9.59 Å². The molecule has 1 amide bonds. The van der Waals surface area contributed by atoms with Crippen LogP contribution in [0.25, 0.3) is 11.7 Å². The van der Waals surface area contributed by atoms with Crippen LogP contribution in [-0.2, 0) is 17.8 Å². The van der Waals surface area contributed by atoms with Gasteiger partial charge in [-0.3, -0.25) is 14.0 Å². The number of fused-ring (bicyclic) bond motifs is 2. The summed E-state index contributed by atoms with van der Waals surface area (Å²) in [4.78, 5) is 31.4. The molecule has 0 saturated carbocycles. The minimum Gasteiger partial charge on any atom is -0.334 e. The molecule has 0 radical (unpaired) electrons. The summed E-state index contributed by atoms with van der Waals surface area (Å²) >= 11 is 0. The van der Waals surface area contributed by atoms with Gasteiger partial charge in [0.1, 0.15) is 5.65 Å². The summed E-state index contributed by atoms with van der Waals surface area (Å²) in [5, 5.41) is 0. The number of carbonyl (C=O) groups is 1. The highest BCUT2D eigenvalue weighted by Crippen LogP contribution is 2.15. The Morgan fingerprint density at radius 3 is 2.72 bits per heavy atom. The summed E-state index contributed by atoms with van der Waals surface area (Å²) < 4.78 is 1.53. The third kappa shape index (κ3) is 2.96. The van der Waals surface area contributed by atoms with Crippen molar-refractivity contribution < 1.29 is 4.79 Å². The van der Waals surface area contributed by atoms with Gasteiger partial charge in [-0.1, -0.05) is 36.4 Å². The molecule has 0 N–H and O–H groups in total. The standard InChI is InChI=1S/C20H17N3O2/c24-19(10-9-15-6-2-1-3-7-15)22-13-11-17-16(14-22)20(25)23-12-5-4-8-18(23)21-17/h1-10,12H,11,13-14H2. The van der Waals surface area contributed by atoms with E-state index in [1.165, 1.54) is 4.40 Å². The van der Waals surface area contributed by atoms with E-state index < -0.39 is 0 Å². The number of nitrogens with zero attached hydrogens (tertiary/aromatic N) is 3. The summed E-state index contributed by atoms with van der Waals surface area (Å²) in [7, 11) is 0. The topological polar surface area (TPSA) is 54.7 Å². The Labute approximate surface area is 144 Å². The number of hydrogen-bond acceptors (Lipinski definition) is 3. The molecule has 124 valence electrons. The van der Waals surface area contributed by atoms with Gasteiger partial charge in [0.05, 0.1) is 17.8 Å². The van der Waals surface area contributed by atoms with Crippen LogP contribution in [0, 0.1) is 0 Å². The van der Waals surface area contributed by atoms with E-state index in [0.29, 0.717) is 30.7 Å². The fourth-order valence-corrected chi connectivity index (χ4v) is 3.07. The van der Waals surface area contributed by atoms with Gasteiger partial charge in [-0.25, -0.2) is 4.98 Å². The molecule has 0 spiro atoms. The third-order valence-corrected chi connectivity index (χ3v) is 4.41. The van der Waals surface area contributed by atoms with E-state index >= 15 is 0 Å². The van der Waals surface area contributed by atoms with Gasteiger partial charge < -0.3 is 4.90 Å². The van der Waals surface area contributed by atoms with Gasteiger partial charge in [-0.2, -0.15) is 0 Å². The SMILES string of the molecule is O=C(C=Cc1ccccc1)N1CCc2nc3ccccn3c(=O)c2C1. The first kappa shape index (κ1) is 15.3. The Balaban J connectivity index is 1.60. The van der Waals surface area contributed by atoms with E-state index in [0.717, 1.165) is 11.3 Å². The molecule has 3 aromatic rings. The normalized spacial score (nSPS) is 14.0. The van der Waals surface area contributed by atoms with Crippen molar-refractivity contribution in [3.8, 4) is 0 Å². The molecule has 25 heavy (non-hydrogen) atoms. The smallest absolute Gasteiger partial charge is 0.263 e. The van der Waals surface area contributed by atoms with Crippen molar-refractivity contribution in [1.29, 1.82) is 0 Å². The first-order valence-corrected chi connectivity index (χ1v) is 8.23. The number of pyridine rings is 1. The summed E-state index contributed by atoms with van der Waals surface area (Å²) in [5.41, 5.74) is 2.94. The Morgan fingerprint density at radius 2 is 1.88 bits per heavy atom. The number of benzene rings is 1. The van der Waals surface area contributed by atoms with Crippen LogP contribution in [0.3, 0.4) is 0 Å². The predicted octanol–water partition coefficient (Wildman–Crippen LogP) is 2.29. The largest absolute Gasteiger partial charge is 0.334 e. The first-order chi connectivity index (χ1) is 12.2. The molecule has 5 heteroatoms. The maximum absolute atomic E-state index is 12.7. The zero-order valence-electron chi connectivity index (χ0n) is 13.6. The molecule has 1 aliphatic heterocycles. The van der Waals surface area contributed by atoms with Gasteiger partial charge in [0.2, 0.25) is 5.91 Å². The first-order valence-electron chi connectivity index (χ1n) is 8.23. The molecule has 0 bridgehead atoms. The van der Waals surface area contributed by atoms with Crippen LogP contribution in [0.5, 0.6) is 0 Å². The van der Waals surface area contributed by atoms with Crippen molar-refractivity contribution in [1.82, 2.24) is 14.3 Å². The lowest BCUT2D eigenvalue weighted by Crippen LogP contribution is -2.39. The number of hydrogen-bond donors (Lipinski definition) is 0. The highest BCUT2D eigenvalue weighted by atomic mass is 16.2. The van der Waals surface area contributed by atoms with Gasteiger partial charge in [-0.05, 0) is 23.8 Å². The van der Waals surface area contributed by atoms with Crippen molar-refractivity contribution in [2.24, 2.45) is 0 Å². The monoisotopic (exact) mass is 331 g/mol. The van der Waals surface area contributed by atoms with E-state index in [-0.39, 0.29) is 11.5 Å². The maximum atomic E-state index is 12.7. The van der Waals surface area contributed by atoms with Crippen molar-refractivity contribution in [2.45, 2.75) is 13.0 Å². The molecule has 0 atom stereocenters. The van der Waals surface area contributed by atoms with Crippen LogP contribution < -0.4 is 5.56 Å². The molecule has 0 saturated heterocycles. The Hall–Kier alpha value is -3.21. The van der Waals surface area contributed by atoms with E-state index in [2.05, 4.69) is 4.98 Å². The average molecular weight is 331 g/mol. The molecular formula is C20H17N3O2. The molecule has 5 nitrogen and oxygen atoms in total. The van der Waals surface area contributed by atoms with Crippen LogP contribution >= 0.6 is 0 Å². The average Bonchev–Trinajstić information content (AvgIpc) is 2.67. The van der Waals surface area contributed by atoms with Crippen molar-refractivity contribution >= 4 is 17.6 Å². The fourth-order valence-electron chi connectivity index (χ4n) is 3.07. The molecule has 3 heterocycles. The van der Waals surface area contributed by atoms with Crippen LogP contribution in [0.4, 0.5) is 0 Å². The lowest BCUT2D eigenvalue weighted by atomic mass is 10.1. The van der Waals surface area contributed by atoms with Gasteiger partial charge in [0.15, 0.2) is 0 Å². The fraction of sp³-hybridized carbons (Fsp3) is 0.150. The molecular weight excluding hydrogens is 314 g/mol. The number of amides is 1. The number of rotatable bonds is 2. The number of carbonyl (C=O) groups excluding carboxylic acids is 1. The van der Waals surface area contributed by atoms with Crippen LogP contribution in [0.2, 0.25) is 0 Å². The number of aromatic nitrogens is 2. The van der Waals surface area contributed by atoms with Crippen LogP contribution in [0.1, 0.15) is 16.8 Å². The second kappa shape index (κ2) is 6.36. The van der Waals surface area contributed by atoms with Crippen LogP contribution in [-0.4, -0.2) is 26.7 Å². The summed E-state index contributed by atoms with van der Waals surface area (Å²) in [6, 6.07) is 15.2. The lowest BCUT2D eigenvalue weighted by Gasteiger charge is -2.27. The van der Waals surface area contributed by atoms with Crippen molar-refractivity contribution in [3.05, 3.63) is 88.0 Å². The molecule has 0 fully saturated rings. The second-order valence-corrected chi connectivity index (χ2v) is 6.02. The summed E-state index contributed by atoms with van der Waals surface area (Å²) in [5.74, 6) is -0.0907. The highest BCUT2D eigenvalue weighted by Gasteiger charge is 2.23. The maximum Gasteiger partial charge on any atom is 0.263 e. The molecule has 2 aromatic heterocycles. The van der Waals surface area contributed by atoms with Gasteiger partial charge in [0, 0.05) is 25.2 Å². The van der Waals surface area contributed by atoms with Crippen molar-refractivity contribution in [3.63, 3.8) is 0 Å². The van der Waals surface area contributed by atoms with Crippen molar-refractivity contribution in [2.75, 3.05) is 6.54 Å². The lowest BCUT2D eigenvalue weighted by molar-refractivity contribution is -0.126. The molecule has 0 unspecified atom stereocenters. The van der Waals surface area contributed by atoms with Gasteiger partial charge in [-0.15, -0.1) is 0 Å². The van der Waals surface area contributed by atoms with Gasteiger partial charge in [0.25, 0.3) is 5.56 Å². The molecule has 1 aromatic carbocycles. The Kier molecular flexibility index (Phi) is 3.90. The minimum atomic E-state index is -0.0925. The second-order valence-electron chi connectivity index (χ2n) is 6.02. The molecule has 1 aliphatic rings.